The Morgan fingerprint density at radius 3 is 1.55 bits per heavy atom. The van der Waals surface area contributed by atoms with E-state index in [0.29, 0.717) is 14.8 Å². The summed E-state index contributed by atoms with van der Waals surface area (Å²) in [6.07, 6.45) is -4.95. The van der Waals surface area contributed by atoms with Crippen molar-refractivity contribution in [2.75, 3.05) is 0 Å². The summed E-state index contributed by atoms with van der Waals surface area (Å²) >= 11 is 0.908. The Labute approximate surface area is 75.7 Å². The van der Waals surface area contributed by atoms with Crippen molar-refractivity contribution in [3.63, 3.8) is 0 Å². The number of hydrogen-bond acceptors (Lipinski definition) is 1. The van der Waals surface area contributed by atoms with E-state index in [2.05, 4.69) is 0 Å². The third-order valence-corrected chi connectivity index (χ3v) is 2.46. The molecule has 0 aliphatic rings. The molecule has 0 rings (SSSR count). The van der Waals surface area contributed by atoms with Crippen LogP contribution in [-0.4, -0.2) is 28.3 Å². The third-order valence-electron chi connectivity index (χ3n) is 1.41. The minimum absolute atomic E-state index is 0.402. The van der Waals surface area contributed by atoms with Crippen LogP contribution in [0.5, 0.6) is 0 Å². The molecule has 0 bridgehead atoms. The molecule has 0 aromatic rings. The Bertz CT molecular complexity index is 133. The van der Waals surface area contributed by atoms with Crippen LogP contribution in [0.3, 0.4) is 0 Å². The van der Waals surface area contributed by atoms with E-state index in [1.165, 1.54) is 0 Å². The van der Waals surface area contributed by atoms with Crippen LogP contribution in [0.15, 0.2) is 0 Å². The first-order valence-electron chi connectivity index (χ1n) is 2.67. The van der Waals surface area contributed by atoms with Crippen molar-refractivity contribution in [3.8, 4) is 0 Å². The smallest absolute Gasteiger partial charge is 0.386 e. The molecule has 7 heteroatoms. The number of halogens is 5. The van der Waals surface area contributed by atoms with Crippen molar-refractivity contribution in [3.05, 3.63) is 0 Å². The maximum atomic E-state index is 12.7. The lowest BCUT2D eigenvalue weighted by Gasteiger charge is -2.33. The van der Waals surface area contributed by atoms with Gasteiger partial charge in [-0.05, 0) is 29.5 Å². The first kappa shape index (κ1) is 11.5. The van der Waals surface area contributed by atoms with Gasteiger partial charge in [-0.25, -0.2) is 4.39 Å². The van der Waals surface area contributed by atoms with Gasteiger partial charge < -0.3 is 5.11 Å². The summed E-state index contributed by atoms with van der Waals surface area (Å²) < 4.78 is 45.5. The molecule has 0 saturated carbocycles. The maximum Gasteiger partial charge on any atom is 0.412 e. The quantitative estimate of drug-likeness (QED) is 0.329. The normalized spacial score (nSPS) is 23.9. The second-order valence-electron chi connectivity index (χ2n) is 2.46. The molecular weight excluding hydrogens is 278 g/mol. The van der Waals surface area contributed by atoms with E-state index in [-0.39, 0.29) is 0 Å². The lowest BCUT2D eigenvalue weighted by Crippen LogP contribution is -2.57. The standard InChI is InChI=1S/C4H6BF4IO/c1-2(6,10)3(5,11)4(7,8)9/h11H,5H2,1H3. The van der Waals surface area contributed by atoms with E-state index in [9.17, 15) is 17.6 Å². The van der Waals surface area contributed by atoms with Crippen LogP contribution in [0.25, 0.3) is 0 Å². The van der Waals surface area contributed by atoms with Gasteiger partial charge in [0.15, 0.2) is 17.0 Å². The van der Waals surface area contributed by atoms with Crippen molar-refractivity contribution in [2.45, 2.75) is 22.3 Å². The van der Waals surface area contributed by atoms with Crippen molar-refractivity contribution in [1.82, 2.24) is 0 Å². The zero-order valence-electron chi connectivity index (χ0n) is 5.84. The van der Waals surface area contributed by atoms with Gasteiger partial charge in [0.2, 0.25) is 0 Å². The van der Waals surface area contributed by atoms with Gasteiger partial charge in [0.1, 0.15) is 0 Å². The van der Waals surface area contributed by atoms with Crippen molar-refractivity contribution < 1.29 is 22.7 Å². The highest BCUT2D eigenvalue weighted by molar-refractivity contribution is 14.1. The Balaban J connectivity index is 4.75. The monoisotopic (exact) mass is 284 g/mol. The zero-order chi connectivity index (χ0) is 9.50. The van der Waals surface area contributed by atoms with Crippen LogP contribution in [0.4, 0.5) is 17.6 Å². The molecule has 66 valence electrons. The number of hydrogen-bond donors (Lipinski definition) is 1. The molecule has 0 radical (unpaired) electrons. The lowest BCUT2D eigenvalue weighted by atomic mass is 9.77. The van der Waals surface area contributed by atoms with Gasteiger partial charge in [0.25, 0.3) is 0 Å². The molecule has 1 N–H and O–H groups in total. The molecule has 0 aliphatic heterocycles. The largest absolute Gasteiger partial charge is 0.412 e. The topological polar surface area (TPSA) is 20.2 Å². The van der Waals surface area contributed by atoms with Crippen LogP contribution in [0.1, 0.15) is 6.92 Å². The molecule has 0 aromatic heterocycles. The summed E-state index contributed by atoms with van der Waals surface area (Å²) in [5.74, 6) is 0. The molecule has 0 heterocycles. The predicted octanol–water partition coefficient (Wildman–Crippen LogP) is 0.991. The number of rotatable bonds is 1. The Morgan fingerprint density at radius 2 is 1.55 bits per heavy atom. The summed E-state index contributed by atoms with van der Waals surface area (Å²) in [5, 5.41) is 8.68. The second kappa shape index (κ2) is 2.76. The highest BCUT2D eigenvalue weighted by Crippen LogP contribution is 2.42. The highest BCUT2D eigenvalue weighted by Gasteiger charge is 2.60. The molecule has 2 atom stereocenters. The Morgan fingerprint density at radius 1 is 1.27 bits per heavy atom. The fraction of sp³-hybridized carbons (Fsp3) is 1.00. The second-order valence-corrected chi connectivity index (χ2v) is 4.48. The predicted molar refractivity (Wildman–Crippen MR) is 43.1 cm³/mol. The van der Waals surface area contributed by atoms with Gasteiger partial charge >= 0.3 is 6.18 Å². The maximum absolute atomic E-state index is 12.7. The van der Waals surface area contributed by atoms with E-state index in [0.717, 1.165) is 22.6 Å². The average Bonchev–Trinajstić information content (AvgIpc) is 1.58. The van der Waals surface area contributed by atoms with E-state index in [1.807, 2.05) is 0 Å². The molecule has 1 nitrogen and oxygen atoms in total. The van der Waals surface area contributed by atoms with Crippen LogP contribution in [-0.2, 0) is 0 Å². The Hall–Kier alpha value is 0.475. The van der Waals surface area contributed by atoms with Gasteiger partial charge in [-0.15, -0.1) is 0 Å². The van der Waals surface area contributed by atoms with Crippen LogP contribution >= 0.6 is 22.6 Å². The molecule has 0 aliphatic carbocycles. The van der Waals surface area contributed by atoms with E-state index in [1.54, 1.807) is 0 Å². The van der Waals surface area contributed by atoms with E-state index >= 15 is 0 Å². The molecule has 0 aromatic carbocycles. The first-order chi connectivity index (χ1) is 4.50. The third kappa shape index (κ3) is 2.20. The fourth-order valence-electron chi connectivity index (χ4n) is 0.249. The number of alkyl halides is 5. The molecule has 2 unspecified atom stereocenters. The molecular formula is C4H6BF4IO. The lowest BCUT2D eigenvalue weighted by molar-refractivity contribution is -0.243. The summed E-state index contributed by atoms with van der Waals surface area (Å²) in [4.78, 5) is 0. The molecule has 0 spiro atoms. The van der Waals surface area contributed by atoms with Crippen LogP contribution < -0.4 is 0 Å². The summed E-state index contributed by atoms with van der Waals surface area (Å²) in [6.45, 7) is 0.668. The molecule has 0 amide bonds. The van der Waals surface area contributed by atoms with Crippen molar-refractivity contribution in [1.29, 1.82) is 0 Å². The molecule has 11 heavy (non-hydrogen) atoms. The van der Waals surface area contributed by atoms with E-state index in [4.69, 9.17) is 5.11 Å². The van der Waals surface area contributed by atoms with Crippen LogP contribution in [0, 0.1) is 0 Å². The SMILES string of the molecule is BC(O)(C(F)(F)F)C(C)(F)I. The van der Waals surface area contributed by atoms with Crippen molar-refractivity contribution in [2.24, 2.45) is 0 Å². The van der Waals surface area contributed by atoms with Gasteiger partial charge in [-0.3, -0.25) is 0 Å². The summed E-state index contributed by atoms with van der Waals surface area (Å²) in [7, 11) is 0.402. The van der Waals surface area contributed by atoms with Gasteiger partial charge in [0, 0.05) is 0 Å². The Kier molecular flexibility index (Phi) is 2.87. The molecule has 0 fully saturated rings. The van der Waals surface area contributed by atoms with Gasteiger partial charge in [-0.2, -0.15) is 13.2 Å². The number of aliphatic hydroxyl groups is 1. The van der Waals surface area contributed by atoms with E-state index < -0.39 is 15.4 Å². The van der Waals surface area contributed by atoms with Crippen LogP contribution in [0.2, 0.25) is 0 Å². The summed E-state index contributed by atoms with van der Waals surface area (Å²) in [5.41, 5.74) is -3.31. The average molecular weight is 284 g/mol. The zero-order valence-corrected chi connectivity index (χ0v) is 7.99. The minimum Gasteiger partial charge on any atom is -0.386 e. The first-order valence-corrected chi connectivity index (χ1v) is 3.75. The minimum atomic E-state index is -4.95. The fourth-order valence-corrected chi connectivity index (χ4v) is 0.555. The van der Waals surface area contributed by atoms with Gasteiger partial charge in [-0.1, -0.05) is 0 Å². The summed E-state index contributed by atoms with van der Waals surface area (Å²) in [6, 6.07) is 0. The highest BCUT2D eigenvalue weighted by atomic mass is 127. The van der Waals surface area contributed by atoms with Gasteiger partial charge in [0.05, 0.1) is 0 Å². The molecule has 0 saturated heterocycles. The van der Waals surface area contributed by atoms with Crippen molar-refractivity contribution >= 4 is 30.4 Å².